The first-order valence-corrected chi connectivity index (χ1v) is 10.7. The smallest absolute Gasteiger partial charge is 0.273 e. The first-order chi connectivity index (χ1) is 15.5. The molecule has 32 heavy (non-hydrogen) atoms. The van der Waals surface area contributed by atoms with Gasteiger partial charge < -0.3 is 9.15 Å². The van der Waals surface area contributed by atoms with E-state index in [9.17, 15) is 9.59 Å². The van der Waals surface area contributed by atoms with E-state index in [1.807, 2.05) is 55.5 Å². The molecular formula is C25H17BrN2O4. The van der Waals surface area contributed by atoms with Crippen LogP contribution in [0.25, 0.3) is 39.1 Å². The minimum atomic E-state index is -0.486. The highest BCUT2D eigenvalue weighted by Crippen LogP contribution is 2.26. The first-order valence-electron chi connectivity index (χ1n) is 9.87. The molecule has 0 unspecified atom stereocenters. The lowest BCUT2D eigenvalue weighted by atomic mass is 10.1. The van der Waals surface area contributed by atoms with Crippen LogP contribution in [-0.4, -0.2) is 16.7 Å². The molecule has 0 aliphatic rings. The number of halogens is 1. The van der Waals surface area contributed by atoms with Gasteiger partial charge in [-0.25, -0.2) is 0 Å². The van der Waals surface area contributed by atoms with Crippen molar-refractivity contribution in [1.82, 2.24) is 9.55 Å². The highest BCUT2D eigenvalue weighted by molar-refractivity contribution is 9.10. The fraction of sp³-hybridized carbons (Fsp3) is 0.0800. The molecular weight excluding hydrogens is 472 g/mol. The Morgan fingerprint density at radius 2 is 1.78 bits per heavy atom. The van der Waals surface area contributed by atoms with E-state index in [1.165, 1.54) is 11.7 Å². The fourth-order valence-corrected chi connectivity index (χ4v) is 4.06. The molecule has 5 aromatic rings. The molecule has 2 aromatic heterocycles. The summed E-state index contributed by atoms with van der Waals surface area (Å²) in [5, 5.41) is 0.199. The van der Waals surface area contributed by atoms with Gasteiger partial charge in [0, 0.05) is 16.1 Å². The van der Waals surface area contributed by atoms with Gasteiger partial charge in [0.15, 0.2) is 11.2 Å². The van der Waals surface area contributed by atoms with E-state index < -0.39 is 11.0 Å². The fourth-order valence-electron chi connectivity index (χ4n) is 3.66. The predicted octanol–water partition coefficient (Wildman–Crippen LogP) is 5.24. The number of aryl methyl sites for hydroxylation is 1. The molecule has 0 atom stereocenters. The van der Waals surface area contributed by atoms with Crippen molar-refractivity contribution >= 4 is 38.0 Å². The third kappa shape index (κ3) is 3.31. The molecule has 7 heteroatoms. The second-order valence-electron chi connectivity index (χ2n) is 7.40. The summed E-state index contributed by atoms with van der Waals surface area (Å²) in [4.78, 5) is 31.6. The molecule has 2 heterocycles. The van der Waals surface area contributed by atoms with Gasteiger partial charge in [0.1, 0.15) is 11.3 Å². The van der Waals surface area contributed by atoms with Gasteiger partial charge in [-0.3, -0.25) is 14.2 Å². The monoisotopic (exact) mass is 488 g/mol. The molecule has 158 valence electrons. The summed E-state index contributed by atoms with van der Waals surface area (Å²) in [7, 11) is 1.53. The van der Waals surface area contributed by atoms with Gasteiger partial charge in [0.25, 0.3) is 5.56 Å². The molecule has 3 aromatic carbocycles. The van der Waals surface area contributed by atoms with Crippen molar-refractivity contribution in [2.75, 3.05) is 7.11 Å². The Labute approximate surface area is 190 Å². The van der Waals surface area contributed by atoms with Gasteiger partial charge in [-0.15, -0.1) is 0 Å². The molecule has 0 saturated carbocycles. The number of fused-ring (bicyclic) bond motifs is 2. The molecule has 0 radical (unpaired) electrons. The minimum absolute atomic E-state index is 0.0147. The van der Waals surface area contributed by atoms with Crippen LogP contribution in [0.15, 0.2) is 85.2 Å². The third-order valence-corrected chi connectivity index (χ3v) is 5.79. The van der Waals surface area contributed by atoms with Crippen molar-refractivity contribution in [3.8, 4) is 22.8 Å². The molecule has 0 aliphatic heterocycles. The van der Waals surface area contributed by atoms with Crippen molar-refractivity contribution in [2.45, 2.75) is 6.92 Å². The summed E-state index contributed by atoms with van der Waals surface area (Å²) < 4.78 is 13.5. The van der Waals surface area contributed by atoms with Crippen LogP contribution in [0, 0.1) is 6.92 Å². The SMILES string of the molecule is COc1ccc2c(=O)c3c(=O)n(-c4ccc(C)cc4)c(-c4cccc(Br)c4)nc3oc2c1. The van der Waals surface area contributed by atoms with Crippen LogP contribution in [0.2, 0.25) is 0 Å². The zero-order valence-corrected chi connectivity index (χ0v) is 18.8. The van der Waals surface area contributed by atoms with Crippen LogP contribution < -0.4 is 15.7 Å². The van der Waals surface area contributed by atoms with E-state index >= 15 is 0 Å². The lowest BCUT2D eigenvalue weighted by molar-refractivity contribution is 0.414. The maximum Gasteiger partial charge on any atom is 0.273 e. The number of rotatable bonds is 3. The zero-order valence-electron chi connectivity index (χ0n) is 17.3. The Bertz CT molecular complexity index is 1620. The van der Waals surface area contributed by atoms with Crippen LogP contribution in [0.3, 0.4) is 0 Å². The number of aromatic nitrogens is 2. The zero-order chi connectivity index (χ0) is 22.4. The summed E-state index contributed by atoms with van der Waals surface area (Å²) in [6.07, 6.45) is 0. The van der Waals surface area contributed by atoms with Gasteiger partial charge in [0.2, 0.25) is 11.1 Å². The standard InChI is InChI=1S/C25H17BrN2O4/c1-14-6-8-17(9-7-14)28-23(15-4-3-5-16(26)12-15)27-24-21(25(28)30)22(29)19-11-10-18(31-2)13-20(19)32-24/h3-13H,1-2H3. The number of ether oxygens (including phenoxy) is 1. The Balaban J connectivity index is 1.94. The van der Waals surface area contributed by atoms with E-state index in [1.54, 1.807) is 18.2 Å². The molecule has 0 aliphatic carbocycles. The highest BCUT2D eigenvalue weighted by Gasteiger charge is 2.20. The number of nitrogens with zero attached hydrogens (tertiary/aromatic N) is 2. The van der Waals surface area contributed by atoms with E-state index in [0.717, 1.165) is 10.0 Å². The Hall–Kier alpha value is -3.71. The second kappa shape index (κ2) is 7.76. The average molecular weight is 489 g/mol. The molecule has 0 fully saturated rings. The third-order valence-electron chi connectivity index (χ3n) is 5.29. The van der Waals surface area contributed by atoms with Gasteiger partial charge in [-0.05, 0) is 43.3 Å². The van der Waals surface area contributed by atoms with Gasteiger partial charge in [0.05, 0.1) is 18.2 Å². The van der Waals surface area contributed by atoms with E-state index in [0.29, 0.717) is 33.8 Å². The summed E-state index contributed by atoms with van der Waals surface area (Å²) >= 11 is 3.48. The number of benzene rings is 3. The van der Waals surface area contributed by atoms with Crippen molar-refractivity contribution in [1.29, 1.82) is 0 Å². The van der Waals surface area contributed by atoms with Crippen LogP contribution in [0.1, 0.15) is 5.56 Å². The topological polar surface area (TPSA) is 74.3 Å². The molecule has 0 amide bonds. The maximum absolute atomic E-state index is 13.7. The summed E-state index contributed by atoms with van der Waals surface area (Å²) in [5.74, 6) is 0.915. The molecule has 0 bridgehead atoms. The van der Waals surface area contributed by atoms with E-state index in [2.05, 4.69) is 20.9 Å². The Kier molecular flexibility index (Phi) is 4.90. The van der Waals surface area contributed by atoms with Crippen LogP contribution >= 0.6 is 15.9 Å². The molecule has 6 nitrogen and oxygen atoms in total. The predicted molar refractivity (Wildman–Crippen MR) is 128 cm³/mol. The van der Waals surface area contributed by atoms with Crippen LogP contribution in [-0.2, 0) is 0 Å². The lowest BCUT2D eigenvalue weighted by Crippen LogP contribution is -2.26. The summed E-state index contributed by atoms with van der Waals surface area (Å²) in [6.45, 7) is 1.97. The van der Waals surface area contributed by atoms with Crippen LogP contribution in [0.4, 0.5) is 0 Å². The quantitative estimate of drug-likeness (QED) is 0.324. The molecule has 0 saturated heterocycles. The highest BCUT2D eigenvalue weighted by atomic mass is 79.9. The molecule has 5 rings (SSSR count). The molecule has 0 spiro atoms. The number of hydrogen-bond acceptors (Lipinski definition) is 5. The van der Waals surface area contributed by atoms with Crippen molar-refractivity contribution in [3.05, 3.63) is 97.3 Å². The second-order valence-corrected chi connectivity index (χ2v) is 8.31. The maximum atomic E-state index is 13.7. The lowest BCUT2D eigenvalue weighted by Gasteiger charge is -2.14. The molecule has 0 N–H and O–H groups in total. The number of hydrogen-bond donors (Lipinski definition) is 0. The van der Waals surface area contributed by atoms with Crippen LogP contribution in [0.5, 0.6) is 5.75 Å². The first kappa shape index (κ1) is 20.2. The summed E-state index contributed by atoms with van der Waals surface area (Å²) in [6, 6.07) is 19.8. The largest absolute Gasteiger partial charge is 0.497 e. The average Bonchev–Trinajstić information content (AvgIpc) is 2.79. The summed E-state index contributed by atoms with van der Waals surface area (Å²) in [5.41, 5.74) is 1.75. The minimum Gasteiger partial charge on any atom is -0.497 e. The number of methoxy groups -OCH3 is 1. The normalized spacial score (nSPS) is 11.2. The van der Waals surface area contributed by atoms with Crippen molar-refractivity contribution < 1.29 is 9.15 Å². The van der Waals surface area contributed by atoms with Crippen molar-refractivity contribution in [2.24, 2.45) is 0 Å². The van der Waals surface area contributed by atoms with Gasteiger partial charge in [-0.1, -0.05) is 45.8 Å². The Morgan fingerprint density at radius 3 is 2.50 bits per heavy atom. The van der Waals surface area contributed by atoms with E-state index in [-0.39, 0.29) is 11.1 Å². The van der Waals surface area contributed by atoms with E-state index in [4.69, 9.17) is 9.15 Å². The van der Waals surface area contributed by atoms with Gasteiger partial charge in [-0.2, -0.15) is 4.98 Å². The Morgan fingerprint density at radius 1 is 1.00 bits per heavy atom. The van der Waals surface area contributed by atoms with Gasteiger partial charge >= 0.3 is 0 Å². The van der Waals surface area contributed by atoms with Crippen molar-refractivity contribution in [3.63, 3.8) is 0 Å².